The van der Waals surface area contributed by atoms with Crippen LogP contribution in [0.1, 0.15) is 21.7 Å². The Morgan fingerprint density at radius 1 is 1.08 bits per heavy atom. The average molecular weight is 367 g/mol. The molecule has 2 aromatic heterocycles. The first-order chi connectivity index (χ1) is 11.4. The van der Waals surface area contributed by atoms with Crippen LogP contribution in [-0.2, 0) is 17.1 Å². The summed E-state index contributed by atoms with van der Waals surface area (Å²) < 4.78 is 80.7. The number of nitrogens with zero attached hydrogens (tertiary/aromatic N) is 3. The zero-order valence-electron chi connectivity index (χ0n) is 12.1. The summed E-state index contributed by atoms with van der Waals surface area (Å²) in [5.41, 5.74) is -5.61. The third kappa shape index (κ3) is 3.78. The van der Waals surface area contributed by atoms with Gasteiger partial charge in [-0.3, -0.25) is 9.36 Å². The van der Waals surface area contributed by atoms with Gasteiger partial charge in [0, 0.05) is 12.3 Å². The van der Waals surface area contributed by atoms with Crippen LogP contribution in [0.2, 0.25) is 0 Å². The monoisotopic (exact) mass is 367 g/mol. The second kappa shape index (κ2) is 6.18. The molecule has 2 aromatic rings. The molecule has 0 saturated heterocycles. The Kier molecular flexibility index (Phi) is 4.55. The van der Waals surface area contributed by atoms with E-state index in [1.807, 2.05) is 0 Å². The standard InChI is InChI=1S/C13H7F6N3O3/c1-25-11(24)10-7(2-6(4-20-10)12(14,15)16)22-5-21-8(3-9(22)23)13(17,18)19/h2-5H,1H3. The van der Waals surface area contributed by atoms with Crippen molar-refractivity contribution in [1.82, 2.24) is 14.5 Å². The summed E-state index contributed by atoms with van der Waals surface area (Å²) in [5, 5.41) is 0. The molecule has 0 radical (unpaired) electrons. The van der Waals surface area contributed by atoms with Gasteiger partial charge in [-0.2, -0.15) is 26.3 Å². The smallest absolute Gasteiger partial charge is 0.433 e. The molecule has 2 rings (SSSR count). The Labute approximate surface area is 134 Å². The van der Waals surface area contributed by atoms with Gasteiger partial charge in [-0.25, -0.2) is 14.8 Å². The van der Waals surface area contributed by atoms with Gasteiger partial charge in [0.25, 0.3) is 5.56 Å². The average Bonchev–Trinajstić information content (AvgIpc) is 2.51. The van der Waals surface area contributed by atoms with E-state index in [9.17, 15) is 35.9 Å². The van der Waals surface area contributed by atoms with E-state index < -0.39 is 46.5 Å². The summed E-state index contributed by atoms with van der Waals surface area (Å²) in [7, 11) is 0.916. The van der Waals surface area contributed by atoms with Crippen LogP contribution in [0.4, 0.5) is 26.3 Å². The molecule has 0 spiro atoms. The molecule has 6 nitrogen and oxygen atoms in total. The van der Waals surface area contributed by atoms with Crippen LogP contribution in [0, 0.1) is 0 Å². The lowest BCUT2D eigenvalue weighted by atomic mass is 10.2. The first-order valence-corrected chi connectivity index (χ1v) is 6.27. The molecule has 0 fully saturated rings. The van der Waals surface area contributed by atoms with E-state index in [1.165, 1.54) is 0 Å². The van der Waals surface area contributed by atoms with E-state index in [1.54, 1.807) is 0 Å². The third-order valence-electron chi connectivity index (χ3n) is 2.93. The number of alkyl halides is 6. The van der Waals surface area contributed by atoms with Crippen LogP contribution < -0.4 is 5.56 Å². The van der Waals surface area contributed by atoms with Gasteiger partial charge in [0.15, 0.2) is 11.4 Å². The minimum atomic E-state index is -4.92. The topological polar surface area (TPSA) is 74.1 Å². The van der Waals surface area contributed by atoms with Crippen molar-refractivity contribution in [1.29, 1.82) is 0 Å². The van der Waals surface area contributed by atoms with Gasteiger partial charge in [0.2, 0.25) is 0 Å². The minimum Gasteiger partial charge on any atom is -0.464 e. The Hall–Kier alpha value is -2.92. The summed E-state index contributed by atoms with van der Waals surface area (Å²) >= 11 is 0. The second-order valence-corrected chi connectivity index (χ2v) is 4.56. The van der Waals surface area contributed by atoms with Crippen LogP contribution >= 0.6 is 0 Å². The molecule has 0 saturated carbocycles. The maximum absolute atomic E-state index is 12.8. The molecule has 134 valence electrons. The normalized spacial score (nSPS) is 12.1. The lowest BCUT2D eigenvalue weighted by Gasteiger charge is -2.13. The van der Waals surface area contributed by atoms with E-state index in [0.717, 1.165) is 7.11 Å². The summed E-state index contributed by atoms with van der Waals surface area (Å²) in [5.74, 6) is -1.18. The predicted molar refractivity (Wildman–Crippen MR) is 69.0 cm³/mol. The van der Waals surface area contributed by atoms with Gasteiger partial charge in [-0.15, -0.1) is 0 Å². The molecule has 0 amide bonds. The highest BCUT2D eigenvalue weighted by molar-refractivity contribution is 5.91. The fourth-order valence-electron chi connectivity index (χ4n) is 1.78. The highest BCUT2D eigenvalue weighted by atomic mass is 19.4. The van der Waals surface area contributed by atoms with Gasteiger partial charge < -0.3 is 4.74 Å². The van der Waals surface area contributed by atoms with E-state index in [0.29, 0.717) is 23.2 Å². The van der Waals surface area contributed by atoms with Crippen molar-refractivity contribution in [2.45, 2.75) is 12.4 Å². The van der Waals surface area contributed by atoms with Crippen LogP contribution in [0.15, 0.2) is 29.5 Å². The molecule has 0 aliphatic rings. The van der Waals surface area contributed by atoms with Crippen LogP contribution in [0.25, 0.3) is 5.69 Å². The number of halogens is 6. The maximum Gasteiger partial charge on any atom is 0.433 e. The van der Waals surface area contributed by atoms with Crippen LogP contribution in [0.5, 0.6) is 0 Å². The third-order valence-corrected chi connectivity index (χ3v) is 2.93. The van der Waals surface area contributed by atoms with Gasteiger partial charge in [0.05, 0.1) is 18.4 Å². The number of hydrogen-bond acceptors (Lipinski definition) is 5. The molecule has 0 unspecified atom stereocenters. The van der Waals surface area contributed by atoms with Gasteiger partial charge in [0.1, 0.15) is 6.33 Å². The maximum atomic E-state index is 12.8. The van der Waals surface area contributed by atoms with Crippen molar-refractivity contribution in [2.24, 2.45) is 0 Å². The molecule has 0 aliphatic heterocycles. The quantitative estimate of drug-likeness (QED) is 0.602. The van der Waals surface area contributed by atoms with Crippen molar-refractivity contribution in [3.8, 4) is 5.69 Å². The van der Waals surface area contributed by atoms with Crippen molar-refractivity contribution < 1.29 is 35.9 Å². The first-order valence-electron chi connectivity index (χ1n) is 6.27. The van der Waals surface area contributed by atoms with Crippen LogP contribution in [-0.4, -0.2) is 27.6 Å². The van der Waals surface area contributed by atoms with Crippen molar-refractivity contribution in [2.75, 3.05) is 7.11 Å². The van der Waals surface area contributed by atoms with Gasteiger partial charge >= 0.3 is 18.3 Å². The zero-order chi connectivity index (χ0) is 19.0. The summed E-state index contributed by atoms with van der Waals surface area (Å²) in [6.07, 6.45) is -9.10. The number of carbonyl (C=O) groups is 1. The molecule has 0 bridgehead atoms. The summed E-state index contributed by atoms with van der Waals surface area (Å²) in [6, 6.07) is 0.469. The Balaban J connectivity index is 2.72. The van der Waals surface area contributed by atoms with Crippen molar-refractivity contribution in [3.05, 3.63) is 52.0 Å². The van der Waals surface area contributed by atoms with Gasteiger partial charge in [-0.1, -0.05) is 0 Å². The zero-order valence-corrected chi connectivity index (χ0v) is 12.1. The highest BCUT2D eigenvalue weighted by Gasteiger charge is 2.35. The molecule has 0 aromatic carbocycles. The predicted octanol–water partition coefficient (Wildman–Crippen LogP) is 2.45. The molecule has 12 heteroatoms. The Bertz CT molecular complexity index is 873. The SMILES string of the molecule is COC(=O)c1ncc(C(F)(F)F)cc1-n1cnc(C(F)(F)F)cc1=O. The number of carbonyl (C=O) groups excluding carboxylic acids is 1. The molecule has 0 atom stereocenters. The largest absolute Gasteiger partial charge is 0.464 e. The molecule has 2 heterocycles. The Morgan fingerprint density at radius 3 is 2.20 bits per heavy atom. The van der Waals surface area contributed by atoms with E-state index in [4.69, 9.17) is 0 Å². The van der Waals surface area contributed by atoms with Gasteiger partial charge in [-0.05, 0) is 6.07 Å². The number of hydrogen-bond donors (Lipinski definition) is 0. The van der Waals surface area contributed by atoms with Crippen molar-refractivity contribution in [3.63, 3.8) is 0 Å². The molecule has 0 N–H and O–H groups in total. The van der Waals surface area contributed by atoms with E-state index in [-0.39, 0.29) is 6.07 Å². The molecule has 25 heavy (non-hydrogen) atoms. The number of pyridine rings is 1. The lowest BCUT2D eigenvalue weighted by molar-refractivity contribution is -0.141. The molecular formula is C13H7F6N3O3. The van der Waals surface area contributed by atoms with E-state index >= 15 is 0 Å². The summed E-state index contributed by atoms with van der Waals surface area (Å²) in [6.45, 7) is 0. The van der Waals surface area contributed by atoms with E-state index in [2.05, 4.69) is 14.7 Å². The Morgan fingerprint density at radius 2 is 1.72 bits per heavy atom. The fraction of sp³-hybridized carbons (Fsp3) is 0.231. The minimum absolute atomic E-state index is 0.0846. The number of methoxy groups -OCH3 is 1. The lowest BCUT2D eigenvalue weighted by Crippen LogP contribution is -2.25. The van der Waals surface area contributed by atoms with Crippen LogP contribution in [0.3, 0.4) is 0 Å². The fourth-order valence-corrected chi connectivity index (χ4v) is 1.78. The summed E-state index contributed by atoms with van der Waals surface area (Å²) in [4.78, 5) is 29.8. The number of aromatic nitrogens is 3. The van der Waals surface area contributed by atoms with Crippen molar-refractivity contribution >= 4 is 5.97 Å². The highest BCUT2D eigenvalue weighted by Crippen LogP contribution is 2.31. The first kappa shape index (κ1) is 18.4. The molecular weight excluding hydrogens is 360 g/mol. The number of rotatable bonds is 2. The second-order valence-electron chi connectivity index (χ2n) is 4.56. The number of esters is 1. The molecule has 0 aliphatic carbocycles. The number of ether oxygens (including phenoxy) is 1.